The minimum Gasteiger partial charge on any atom is -0.456 e. The number of nitrogens with one attached hydrogen (secondary N) is 2. The van der Waals surface area contributed by atoms with Crippen molar-refractivity contribution in [2.75, 3.05) is 17.6 Å². The number of amides is 2. The van der Waals surface area contributed by atoms with Crippen LogP contribution in [0.3, 0.4) is 0 Å². The molecule has 0 radical (unpaired) electrons. The summed E-state index contributed by atoms with van der Waals surface area (Å²) in [5, 5.41) is 6.66. The number of allylic oxidation sites excluding steroid dienone is 2. The van der Waals surface area contributed by atoms with Crippen molar-refractivity contribution >= 4 is 38.6 Å². The Labute approximate surface area is 280 Å². The number of rotatable bonds is 12. The summed E-state index contributed by atoms with van der Waals surface area (Å²) in [5.41, 5.74) is 6.06. The third-order valence-corrected chi connectivity index (χ3v) is 9.47. The molecule has 48 heavy (non-hydrogen) atoms. The van der Waals surface area contributed by atoms with Gasteiger partial charge in [-0.25, -0.2) is 0 Å². The topological polar surface area (TPSA) is 126 Å². The lowest BCUT2D eigenvalue weighted by Crippen LogP contribution is -2.29. The van der Waals surface area contributed by atoms with Crippen LogP contribution in [0.15, 0.2) is 120 Å². The molecule has 0 saturated heterocycles. The van der Waals surface area contributed by atoms with E-state index < -0.39 is 27.7 Å². The van der Waals surface area contributed by atoms with E-state index in [9.17, 15) is 18.0 Å². The van der Waals surface area contributed by atoms with Crippen LogP contribution in [0.4, 0.5) is 5.69 Å². The van der Waals surface area contributed by atoms with Crippen molar-refractivity contribution < 1.29 is 27.0 Å². The molecule has 0 fully saturated rings. The number of fused-ring (bicyclic) bond motifs is 1. The third-order valence-electron chi connectivity index (χ3n) is 8.75. The van der Waals surface area contributed by atoms with Gasteiger partial charge in [0.05, 0.1) is 5.75 Å². The molecule has 6 rings (SSSR count). The molecule has 1 aromatic heterocycles. The Bertz CT molecular complexity index is 2000. The van der Waals surface area contributed by atoms with Crippen molar-refractivity contribution in [1.29, 1.82) is 0 Å². The van der Waals surface area contributed by atoms with Gasteiger partial charge in [0.2, 0.25) is 5.91 Å². The maximum atomic E-state index is 14.0. The van der Waals surface area contributed by atoms with Crippen LogP contribution < -0.4 is 10.6 Å². The highest BCUT2D eigenvalue weighted by Crippen LogP contribution is 2.32. The average molecular weight is 663 g/mol. The summed E-state index contributed by atoms with van der Waals surface area (Å²) in [5.74, 6) is -0.427. The number of hydrogen-bond acceptors (Lipinski definition) is 5. The maximum absolute atomic E-state index is 14.0. The molecule has 1 aliphatic rings. The van der Waals surface area contributed by atoms with Gasteiger partial charge in [-0.1, -0.05) is 66.7 Å². The first kappa shape index (κ1) is 32.9. The van der Waals surface area contributed by atoms with Crippen molar-refractivity contribution in [2.45, 2.75) is 38.0 Å². The van der Waals surface area contributed by atoms with Gasteiger partial charge in [-0.05, 0) is 97.3 Å². The number of benzene rings is 4. The van der Waals surface area contributed by atoms with E-state index in [1.54, 1.807) is 12.1 Å². The summed E-state index contributed by atoms with van der Waals surface area (Å²) in [6.45, 7) is -0.198. The molecule has 1 heterocycles. The van der Waals surface area contributed by atoms with Gasteiger partial charge < -0.3 is 15.1 Å². The minimum atomic E-state index is -4.17. The SMILES string of the molecule is O=C(NCCS(=O)(=O)O)c1ccc(CC(Cc2ccccc2C2C=CCCC2)C(=O)Nc2ccc(-c3cc4ccccc4o3)cc2)cc1. The van der Waals surface area contributed by atoms with Crippen LogP contribution in [-0.4, -0.2) is 37.1 Å². The van der Waals surface area contributed by atoms with E-state index in [1.807, 2.05) is 72.8 Å². The second-order valence-electron chi connectivity index (χ2n) is 12.2. The number of para-hydroxylation sites is 1. The van der Waals surface area contributed by atoms with Crippen LogP contribution in [0.2, 0.25) is 0 Å². The van der Waals surface area contributed by atoms with E-state index in [0.29, 0.717) is 30.0 Å². The van der Waals surface area contributed by atoms with Gasteiger partial charge in [0.1, 0.15) is 11.3 Å². The number of anilines is 1. The van der Waals surface area contributed by atoms with E-state index in [-0.39, 0.29) is 12.5 Å². The summed E-state index contributed by atoms with van der Waals surface area (Å²) in [6.07, 6.45) is 8.82. The normalized spacial score (nSPS) is 15.2. The molecular weight excluding hydrogens is 625 g/mol. The average Bonchev–Trinajstić information content (AvgIpc) is 3.53. The van der Waals surface area contributed by atoms with Crippen molar-refractivity contribution in [1.82, 2.24) is 5.32 Å². The highest BCUT2D eigenvalue weighted by Gasteiger charge is 2.24. The second kappa shape index (κ2) is 14.8. The van der Waals surface area contributed by atoms with Crippen LogP contribution >= 0.6 is 0 Å². The van der Waals surface area contributed by atoms with Crippen molar-refractivity contribution in [3.05, 3.63) is 138 Å². The summed E-state index contributed by atoms with van der Waals surface area (Å²) in [6, 6.07) is 32.8. The Hall–Kier alpha value is -4.99. The molecule has 2 atom stereocenters. The number of carbonyl (C=O) groups excluding carboxylic acids is 2. The zero-order valence-corrected chi connectivity index (χ0v) is 27.3. The molecule has 9 heteroatoms. The van der Waals surface area contributed by atoms with Crippen LogP contribution in [0.25, 0.3) is 22.3 Å². The largest absolute Gasteiger partial charge is 0.456 e. The van der Waals surface area contributed by atoms with Gasteiger partial charge in [0.15, 0.2) is 0 Å². The van der Waals surface area contributed by atoms with Crippen LogP contribution in [0.1, 0.15) is 52.2 Å². The Morgan fingerprint density at radius 1 is 0.896 bits per heavy atom. The molecule has 3 N–H and O–H groups in total. The van der Waals surface area contributed by atoms with Gasteiger partial charge in [-0.2, -0.15) is 8.42 Å². The molecule has 2 amide bonds. The maximum Gasteiger partial charge on any atom is 0.266 e. The first-order valence-electron chi connectivity index (χ1n) is 16.2. The summed E-state index contributed by atoms with van der Waals surface area (Å²) in [7, 11) is -4.17. The Morgan fingerprint density at radius 3 is 2.38 bits per heavy atom. The number of furan rings is 1. The summed E-state index contributed by atoms with van der Waals surface area (Å²) < 4.78 is 36.9. The Kier molecular flexibility index (Phi) is 10.2. The molecule has 0 saturated carbocycles. The molecule has 0 spiro atoms. The van der Waals surface area contributed by atoms with Crippen LogP contribution in [0.5, 0.6) is 0 Å². The highest BCUT2D eigenvalue weighted by atomic mass is 32.2. The predicted molar refractivity (Wildman–Crippen MR) is 189 cm³/mol. The first-order chi connectivity index (χ1) is 23.2. The first-order valence-corrected chi connectivity index (χ1v) is 17.8. The van der Waals surface area contributed by atoms with E-state index in [0.717, 1.165) is 52.7 Å². The quantitative estimate of drug-likeness (QED) is 0.0934. The fraction of sp³-hybridized carbons (Fsp3) is 0.231. The Morgan fingerprint density at radius 2 is 1.65 bits per heavy atom. The highest BCUT2D eigenvalue weighted by molar-refractivity contribution is 7.85. The fourth-order valence-electron chi connectivity index (χ4n) is 6.23. The molecule has 4 aromatic carbocycles. The van der Waals surface area contributed by atoms with Crippen LogP contribution in [-0.2, 0) is 27.8 Å². The molecule has 5 aromatic rings. The smallest absolute Gasteiger partial charge is 0.266 e. The lowest BCUT2D eigenvalue weighted by molar-refractivity contribution is -0.119. The third kappa shape index (κ3) is 8.48. The molecule has 2 unspecified atom stereocenters. The zero-order chi connectivity index (χ0) is 33.5. The molecule has 1 aliphatic carbocycles. The van der Waals surface area contributed by atoms with Crippen molar-refractivity contribution in [3.63, 3.8) is 0 Å². The van der Waals surface area contributed by atoms with Crippen molar-refractivity contribution in [2.24, 2.45) is 5.92 Å². The number of hydrogen-bond donors (Lipinski definition) is 3. The van der Waals surface area contributed by atoms with Gasteiger partial charge in [0, 0.05) is 40.6 Å². The van der Waals surface area contributed by atoms with Gasteiger partial charge in [-0.3, -0.25) is 14.1 Å². The van der Waals surface area contributed by atoms with Gasteiger partial charge in [0.25, 0.3) is 16.0 Å². The minimum absolute atomic E-state index is 0.104. The number of carbonyl (C=O) groups is 2. The molecule has 8 nitrogen and oxygen atoms in total. The fourth-order valence-corrected chi connectivity index (χ4v) is 6.59. The van der Waals surface area contributed by atoms with E-state index in [4.69, 9.17) is 8.97 Å². The van der Waals surface area contributed by atoms with E-state index in [1.165, 1.54) is 5.56 Å². The molecule has 246 valence electrons. The van der Waals surface area contributed by atoms with Gasteiger partial charge in [-0.15, -0.1) is 0 Å². The Balaban J connectivity index is 1.20. The standard InChI is InChI=1S/C39H38N2O6S/c42-38(40-22-23-48(44,45)46)30-16-14-27(15-17-30)24-33(25-31-10-4-6-12-35(31)28-8-2-1-3-9-28)39(43)41-34-20-18-29(19-21-34)37-26-32-11-5-7-13-36(32)47-37/h2,4-8,10-21,26,28,33H,1,3,9,22-25H2,(H,40,42)(H,41,43)(H,44,45,46). The summed E-state index contributed by atoms with van der Waals surface area (Å²) >= 11 is 0. The predicted octanol–water partition coefficient (Wildman–Crippen LogP) is 7.58. The van der Waals surface area contributed by atoms with E-state index >= 15 is 0 Å². The van der Waals surface area contributed by atoms with Gasteiger partial charge >= 0.3 is 0 Å². The lowest BCUT2D eigenvalue weighted by Gasteiger charge is -2.23. The van der Waals surface area contributed by atoms with E-state index in [2.05, 4.69) is 41.0 Å². The second-order valence-corrected chi connectivity index (χ2v) is 13.8. The van der Waals surface area contributed by atoms with Crippen LogP contribution in [0, 0.1) is 5.92 Å². The molecular formula is C39H38N2O6S. The monoisotopic (exact) mass is 662 g/mol. The lowest BCUT2D eigenvalue weighted by atomic mass is 9.82. The zero-order valence-electron chi connectivity index (χ0n) is 26.5. The molecule has 0 aliphatic heterocycles. The van der Waals surface area contributed by atoms with Crippen molar-refractivity contribution in [3.8, 4) is 11.3 Å². The summed E-state index contributed by atoms with van der Waals surface area (Å²) in [4.78, 5) is 26.5. The molecule has 0 bridgehead atoms.